The molecule has 1 aromatic rings. The summed E-state index contributed by atoms with van der Waals surface area (Å²) in [5, 5.41) is 0. The van der Waals surface area contributed by atoms with Crippen molar-refractivity contribution in [3.05, 3.63) is 23.5 Å². The first-order valence-electron chi connectivity index (χ1n) is 3.57. The monoisotopic (exact) mass is 170 g/mol. The summed E-state index contributed by atoms with van der Waals surface area (Å²) in [6.07, 6.45) is 0. The first-order chi connectivity index (χ1) is 5.69. The van der Waals surface area contributed by atoms with E-state index in [1.165, 1.54) is 19.2 Å². The molecule has 0 atom stereocenters. The Labute approximate surface area is 70.9 Å². The van der Waals surface area contributed by atoms with Crippen molar-refractivity contribution < 1.29 is 13.9 Å². The van der Waals surface area contributed by atoms with Gasteiger partial charge in [-0.05, 0) is 18.6 Å². The topological polar surface area (TPSA) is 18.5 Å². The third kappa shape index (κ3) is 1.49. The van der Waals surface area contributed by atoms with Gasteiger partial charge in [-0.2, -0.15) is 0 Å². The molecule has 0 amide bonds. The van der Waals surface area contributed by atoms with Crippen LogP contribution < -0.4 is 9.47 Å². The minimum Gasteiger partial charge on any atom is -0.496 e. The number of methoxy groups -OCH3 is 2. The predicted octanol–water partition coefficient (Wildman–Crippen LogP) is 2.15. The molecule has 0 heterocycles. The van der Waals surface area contributed by atoms with Gasteiger partial charge in [-0.3, -0.25) is 0 Å². The lowest BCUT2D eigenvalue weighted by Crippen LogP contribution is -1.92. The maximum atomic E-state index is 13.0. The summed E-state index contributed by atoms with van der Waals surface area (Å²) in [5.41, 5.74) is 0.760. The van der Waals surface area contributed by atoms with E-state index in [1.807, 2.05) is 0 Å². The summed E-state index contributed by atoms with van der Waals surface area (Å²) in [7, 11) is 2.97. The molecule has 12 heavy (non-hydrogen) atoms. The molecular weight excluding hydrogens is 159 g/mol. The molecule has 0 aliphatic heterocycles. The van der Waals surface area contributed by atoms with Gasteiger partial charge < -0.3 is 9.47 Å². The molecule has 0 N–H and O–H groups in total. The maximum Gasteiger partial charge on any atom is 0.165 e. The van der Waals surface area contributed by atoms with Crippen molar-refractivity contribution >= 4 is 0 Å². The number of benzene rings is 1. The third-order valence-corrected chi connectivity index (χ3v) is 1.67. The molecule has 0 aliphatic carbocycles. The van der Waals surface area contributed by atoms with Crippen LogP contribution in [-0.4, -0.2) is 14.2 Å². The number of aryl methyl sites for hydroxylation is 1. The lowest BCUT2D eigenvalue weighted by atomic mass is 10.2. The highest BCUT2D eigenvalue weighted by molar-refractivity contribution is 5.40. The van der Waals surface area contributed by atoms with Gasteiger partial charge >= 0.3 is 0 Å². The predicted molar refractivity (Wildman–Crippen MR) is 44.2 cm³/mol. The summed E-state index contributed by atoms with van der Waals surface area (Å²) in [6.45, 7) is 1.78. The molecule has 0 radical (unpaired) electrons. The second-order valence-electron chi connectivity index (χ2n) is 2.46. The lowest BCUT2D eigenvalue weighted by Gasteiger charge is -2.07. The normalized spacial score (nSPS) is 9.67. The van der Waals surface area contributed by atoms with Gasteiger partial charge in [0.2, 0.25) is 0 Å². The molecule has 66 valence electrons. The van der Waals surface area contributed by atoms with E-state index in [4.69, 9.17) is 9.47 Å². The van der Waals surface area contributed by atoms with Crippen LogP contribution in [0.5, 0.6) is 11.5 Å². The van der Waals surface area contributed by atoms with E-state index in [9.17, 15) is 4.39 Å². The highest BCUT2D eigenvalue weighted by atomic mass is 19.1. The zero-order chi connectivity index (χ0) is 9.14. The van der Waals surface area contributed by atoms with Crippen LogP contribution in [-0.2, 0) is 0 Å². The standard InChI is InChI=1S/C9H11FO2/c1-6-4-7(10)9(12-3)5-8(6)11-2/h4-5H,1-3H3. The minimum atomic E-state index is -0.365. The van der Waals surface area contributed by atoms with Crippen LogP contribution in [0.4, 0.5) is 4.39 Å². The summed E-state index contributed by atoms with van der Waals surface area (Å²) < 4.78 is 22.8. The van der Waals surface area contributed by atoms with E-state index in [0.717, 1.165) is 5.56 Å². The second kappa shape index (κ2) is 3.43. The van der Waals surface area contributed by atoms with Gasteiger partial charge in [-0.15, -0.1) is 0 Å². The molecule has 1 aromatic carbocycles. The van der Waals surface area contributed by atoms with E-state index in [1.54, 1.807) is 14.0 Å². The van der Waals surface area contributed by atoms with Gasteiger partial charge in [0.25, 0.3) is 0 Å². The zero-order valence-corrected chi connectivity index (χ0v) is 7.35. The molecule has 1 rings (SSSR count). The molecule has 3 heteroatoms. The summed E-state index contributed by atoms with van der Waals surface area (Å²) in [6, 6.07) is 2.92. The Hall–Kier alpha value is -1.25. The van der Waals surface area contributed by atoms with Crippen LogP contribution in [0.1, 0.15) is 5.56 Å². The van der Waals surface area contributed by atoms with E-state index in [2.05, 4.69) is 0 Å². The number of halogens is 1. The smallest absolute Gasteiger partial charge is 0.165 e. The van der Waals surface area contributed by atoms with Gasteiger partial charge in [-0.1, -0.05) is 0 Å². The third-order valence-electron chi connectivity index (χ3n) is 1.67. The Morgan fingerprint density at radius 3 is 2.17 bits per heavy atom. The van der Waals surface area contributed by atoms with Crippen molar-refractivity contribution in [3.8, 4) is 11.5 Å². The van der Waals surface area contributed by atoms with Gasteiger partial charge in [-0.25, -0.2) is 4.39 Å². The molecule has 0 saturated heterocycles. The molecule has 2 nitrogen and oxygen atoms in total. The quantitative estimate of drug-likeness (QED) is 0.677. The van der Waals surface area contributed by atoms with Crippen LogP contribution in [0.25, 0.3) is 0 Å². The van der Waals surface area contributed by atoms with Crippen LogP contribution >= 0.6 is 0 Å². The van der Waals surface area contributed by atoms with Crippen molar-refractivity contribution in [2.75, 3.05) is 14.2 Å². The van der Waals surface area contributed by atoms with Crippen LogP contribution in [0, 0.1) is 12.7 Å². The Morgan fingerprint density at radius 2 is 1.67 bits per heavy atom. The van der Waals surface area contributed by atoms with Crippen LogP contribution in [0.2, 0.25) is 0 Å². The second-order valence-corrected chi connectivity index (χ2v) is 2.46. The fourth-order valence-electron chi connectivity index (χ4n) is 1.01. The molecule has 0 unspecified atom stereocenters. The van der Waals surface area contributed by atoms with E-state index < -0.39 is 0 Å². The Bertz CT molecular complexity index is 259. The highest BCUT2D eigenvalue weighted by Crippen LogP contribution is 2.26. The first kappa shape index (κ1) is 8.84. The summed E-state index contributed by atoms with van der Waals surface area (Å²) in [5.74, 6) is 0.474. The van der Waals surface area contributed by atoms with Gasteiger partial charge in [0.05, 0.1) is 14.2 Å². The van der Waals surface area contributed by atoms with Gasteiger partial charge in [0.15, 0.2) is 11.6 Å². The number of hydrogen-bond acceptors (Lipinski definition) is 2. The van der Waals surface area contributed by atoms with Gasteiger partial charge in [0.1, 0.15) is 5.75 Å². The number of ether oxygens (including phenoxy) is 2. The Morgan fingerprint density at radius 1 is 1.08 bits per heavy atom. The molecule has 0 saturated carbocycles. The number of rotatable bonds is 2. The summed E-state index contributed by atoms with van der Waals surface area (Å²) in [4.78, 5) is 0. The average molecular weight is 170 g/mol. The minimum absolute atomic E-state index is 0.206. The average Bonchev–Trinajstić information content (AvgIpc) is 2.05. The fraction of sp³-hybridized carbons (Fsp3) is 0.333. The maximum absolute atomic E-state index is 13.0. The van der Waals surface area contributed by atoms with Crippen molar-refractivity contribution in [3.63, 3.8) is 0 Å². The van der Waals surface area contributed by atoms with E-state index in [0.29, 0.717) is 5.75 Å². The van der Waals surface area contributed by atoms with Crippen molar-refractivity contribution in [1.29, 1.82) is 0 Å². The molecule has 0 bridgehead atoms. The van der Waals surface area contributed by atoms with Crippen LogP contribution in [0.15, 0.2) is 12.1 Å². The van der Waals surface area contributed by atoms with Crippen molar-refractivity contribution in [1.82, 2.24) is 0 Å². The summed E-state index contributed by atoms with van der Waals surface area (Å²) >= 11 is 0. The highest BCUT2D eigenvalue weighted by Gasteiger charge is 2.06. The van der Waals surface area contributed by atoms with E-state index in [-0.39, 0.29) is 11.6 Å². The largest absolute Gasteiger partial charge is 0.496 e. The molecule has 0 spiro atoms. The van der Waals surface area contributed by atoms with Gasteiger partial charge in [0, 0.05) is 6.07 Å². The molecular formula is C9H11FO2. The van der Waals surface area contributed by atoms with Crippen molar-refractivity contribution in [2.24, 2.45) is 0 Å². The Kier molecular flexibility index (Phi) is 2.53. The SMILES string of the molecule is COc1cc(OC)c(F)cc1C. The fourth-order valence-corrected chi connectivity index (χ4v) is 1.01. The zero-order valence-electron chi connectivity index (χ0n) is 7.35. The Balaban J connectivity index is 3.18. The number of hydrogen-bond donors (Lipinski definition) is 0. The first-order valence-corrected chi connectivity index (χ1v) is 3.57. The van der Waals surface area contributed by atoms with E-state index >= 15 is 0 Å². The molecule has 0 aliphatic rings. The molecule has 0 fully saturated rings. The molecule has 0 aromatic heterocycles. The van der Waals surface area contributed by atoms with Crippen molar-refractivity contribution in [2.45, 2.75) is 6.92 Å². The van der Waals surface area contributed by atoms with Crippen LogP contribution in [0.3, 0.4) is 0 Å². The lowest BCUT2D eigenvalue weighted by molar-refractivity contribution is 0.372.